The molecule has 0 bridgehead atoms. The Balaban J connectivity index is 3.33. The summed E-state index contributed by atoms with van der Waals surface area (Å²) >= 11 is 3.67. The van der Waals surface area contributed by atoms with Gasteiger partial charge in [-0.3, -0.25) is 0 Å². The van der Waals surface area contributed by atoms with Gasteiger partial charge in [-0.25, -0.2) is 4.79 Å². The number of rotatable bonds is 2. The predicted molar refractivity (Wildman–Crippen MR) is 34.8 cm³/mol. The quantitative estimate of drug-likeness (QED) is 0.344. The molecule has 3 heteroatoms. The summed E-state index contributed by atoms with van der Waals surface area (Å²) in [6, 6.07) is 0. The van der Waals surface area contributed by atoms with Crippen LogP contribution in [0.15, 0.2) is 11.5 Å². The standard InChI is InChI=1S/C5H8O2S/c1-2-7-5(6)3-4-8/h3-4,8H,2H2,1H3. The zero-order valence-electron chi connectivity index (χ0n) is 4.63. The van der Waals surface area contributed by atoms with Crippen molar-refractivity contribution >= 4 is 18.6 Å². The van der Waals surface area contributed by atoms with E-state index >= 15 is 0 Å². The molecule has 2 nitrogen and oxygen atoms in total. The maximum Gasteiger partial charge on any atom is 0.331 e. The predicted octanol–water partition coefficient (Wildman–Crippen LogP) is 0.993. The molecule has 0 unspecified atom stereocenters. The molecule has 46 valence electrons. The van der Waals surface area contributed by atoms with Crippen molar-refractivity contribution in [2.24, 2.45) is 0 Å². The molecule has 0 atom stereocenters. The van der Waals surface area contributed by atoms with Crippen LogP contribution in [0.5, 0.6) is 0 Å². The minimum absolute atomic E-state index is 0.345. The van der Waals surface area contributed by atoms with Crippen molar-refractivity contribution in [3.8, 4) is 0 Å². The molecule has 0 N–H and O–H groups in total. The smallest absolute Gasteiger partial charge is 0.331 e. The van der Waals surface area contributed by atoms with E-state index in [1.54, 1.807) is 6.92 Å². The lowest BCUT2D eigenvalue weighted by Gasteiger charge is -1.91. The highest BCUT2D eigenvalue weighted by Gasteiger charge is 1.88. The summed E-state index contributed by atoms with van der Waals surface area (Å²) in [5.41, 5.74) is 0. The Kier molecular flexibility index (Phi) is 4.45. The van der Waals surface area contributed by atoms with Gasteiger partial charge in [0.25, 0.3) is 0 Å². The minimum atomic E-state index is -0.345. The van der Waals surface area contributed by atoms with Gasteiger partial charge in [-0.2, -0.15) is 12.6 Å². The molecule has 0 aliphatic rings. The van der Waals surface area contributed by atoms with E-state index in [1.807, 2.05) is 0 Å². The lowest BCUT2D eigenvalue weighted by Crippen LogP contribution is -1.97. The van der Waals surface area contributed by atoms with E-state index in [9.17, 15) is 4.79 Å². The average molecular weight is 132 g/mol. The highest BCUT2D eigenvalue weighted by atomic mass is 32.1. The van der Waals surface area contributed by atoms with Crippen LogP contribution in [0.25, 0.3) is 0 Å². The molecule has 0 amide bonds. The zero-order chi connectivity index (χ0) is 6.41. The third-order valence-electron chi connectivity index (χ3n) is 0.497. The van der Waals surface area contributed by atoms with Crippen LogP contribution in [0.1, 0.15) is 6.92 Å². The van der Waals surface area contributed by atoms with Gasteiger partial charge in [0.05, 0.1) is 6.61 Å². The molecule has 0 spiro atoms. The summed E-state index contributed by atoms with van der Waals surface area (Å²) in [6.45, 7) is 2.17. The molecular weight excluding hydrogens is 124 g/mol. The second kappa shape index (κ2) is 4.71. The van der Waals surface area contributed by atoms with Crippen molar-refractivity contribution in [3.63, 3.8) is 0 Å². The van der Waals surface area contributed by atoms with E-state index in [4.69, 9.17) is 0 Å². The van der Waals surface area contributed by atoms with Crippen molar-refractivity contribution < 1.29 is 9.53 Å². The lowest BCUT2D eigenvalue weighted by molar-refractivity contribution is -0.137. The van der Waals surface area contributed by atoms with E-state index in [2.05, 4.69) is 17.4 Å². The highest BCUT2D eigenvalue weighted by Crippen LogP contribution is 1.81. The van der Waals surface area contributed by atoms with Gasteiger partial charge in [0, 0.05) is 6.08 Å². The Hall–Kier alpha value is -0.440. The molecule has 0 radical (unpaired) electrons. The molecule has 0 aliphatic heterocycles. The van der Waals surface area contributed by atoms with Crippen LogP contribution in [0.3, 0.4) is 0 Å². The van der Waals surface area contributed by atoms with Crippen LogP contribution in [0.2, 0.25) is 0 Å². The van der Waals surface area contributed by atoms with Crippen LogP contribution in [-0.4, -0.2) is 12.6 Å². The third-order valence-corrected chi connectivity index (χ3v) is 0.646. The van der Waals surface area contributed by atoms with Crippen LogP contribution in [0, 0.1) is 0 Å². The minimum Gasteiger partial charge on any atom is -0.463 e. The Bertz CT molecular complexity index is 98.6. The number of thiol groups is 1. The second-order valence-electron chi connectivity index (χ2n) is 1.07. The van der Waals surface area contributed by atoms with Crippen molar-refractivity contribution in [2.75, 3.05) is 6.61 Å². The molecule has 0 aromatic carbocycles. The monoisotopic (exact) mass is 132 g/mol. The number of hydrogen-bond acceptors (Lipinski definition) is 3. The van der Waals surface area contributed by atoms with E-state index in [1.165, 1.54) is 11.5 Å². The first-order chi connectivity index (χ1) is 3.81. The van der Waals surface area contributed by atoms with Gasteiger partial charge in [0.2, 0.25) is 0 Å². The summed E-state index contributed by atoms with van der Waals surface area (Å²) in [6.07, 6.45) is 1.26. The lowest BCUT2D eigenvalue weighted by atomic mass is 10.6. The Morgan fingerprint density at radius 1 is 1.88 bits per heavy atom. The normalized spacial score (nSPS) is 9.75. The highest BCUT2D eigenvalue weighted by molar-refractivity contribution is 7.83. The van der Waals surface area contributed by atoms with Gasteiger partial charge in [-0.1, -0.05) is 0 Å². The van der Waals surface area contributed by atoms with E-state index < -0.39 is 0 Å². The molecule has 0 aromatic rings. The fourth-order valence-corrected chi connectivity index (χ4v) is 0.373. The second-order valence-corrected chi connectivity index (χ2v) is 1.37. The molecule has 0 fully saturated rings. The third kappa shape index (κ3) is 3.74. The molecule has 0 aliphatic carbocycles. The van der Waals surface area contributed by atoms with Crippen LogP contribution >= 0.6 is 12.6 Å². The summed E-state index contributed by atoms with van der Waals surface area (Å²) < 4.78 is 4.51. The molecule has 8 heavy (non-hydrogen) atoms. The Morgan fingerprint density at radius 2 is 2.50 bits per heavy atom. The molecule has 0 aromatic heterocycles. The number of carbonyl (C=O) groups is 1. The van der Waals surface area contributed by atoms with E-state index in [-0.39, 0.29) is 5.97 Å². The first-order valence-electron chi connectivity index (χ1n) is 2.28. The van der Waals surface area contributed by atoms with Gasteiger partial charge in [0.15, 0.2) is 0 Å². The van der Waals surface area contributed by atoms with E-state index in [0.717, 1.165) is 0 Å². The first-order valence-corrected chi connectivity index (χ1v) is 2.80. The SMILES string of the molecule is CCOC(=O)C=CS. The summed E-state index contributed by atoms with van der Waals surface area (Å²) in [4.78, 5) is 10.3. The van der Waals surface area contributed by atoms with Crippen molar-refractivity contribution in [2.45, 2.75) is 6.92 Å². The van der Waals surface area contributed by atoms with Crippen LogP contribution < -0.4 is 0 Å². The molecule has 0 rings (SSSR count). The molecule has 0 heterocycles. The summed E-state index contributed by atoms with van der Waals surface area (Å²) in [5, 5.41) is 1.35. The van der Waals surface area contributed by atoms with Gasteiger partial charge in [-0.15, -0.1) is 0 Å². The molecule has 0 saturated carbocycles. The largest absolute Gasteiger partial charge is 0.463 e. The number of hydrogen-bond donors (Lipinski definition) is 1. The van der Waals surface area contributed by atoms with E-state index in [0.29, 0.717) is 6.61 Å². The Labute approximate surface area is 53.9 Å². The Morgan fingerprint density at radius 3 is 2.88 bits per heavy atom. The maximum atomic E-state index is 10.3. The van der Waals surface area contributed by atoms with Crippen molar-refractivity contribution in [1.82, 2.24) is 0 Å². The number of carbonyl (C=O) groups excluding carboxylic acids is 1. The number of ether oxygens (including phenoxy) is 1. The average Bonchev–Trinajstić information content (AvgIpc) is 1.68. The van der Waals surface area contributed by atoms with Gasteiger partial charge >= 0.3 is 5.97 Å². The molecular formula is C5H8O2S. The van der Waals surface area contributed by atoms with Gasteiger partial charge in [-0.05, 0) is 12.3 Å². The van der Waals surface area contributed by atoms with Crippen molar-refractivity contribution in [3.05, 3.63) is 11.5 Å². The fourth-order valence-electron chi connectivity index (χ4n) is 0.251. The van der Waals surface area contributed by atoms with Crippen LogP contribution in [0.4, 0.5) is 0 Å². The first kappa shape index (κ1) is 7.56. The number of esters is 1. The fraction of sp³-hybridized carbons (Fsp3) is 0.400. The summed E-state index contributed by atoms with van der Waals surface area (Å²) in [5.74, 6) is -0.345. The maximum absolute atomic E-state index is 10.3. The van der Waals surface area contributed by atoms with Gasteiger partial charge < -0.3 is 4.74 Å². The van der Waals surface area contributed by atoms with Gasteiger partial charge in [0.1, 0.15) is 0 Å². The van der Waals surface area contributed by atoms with Crippen LogP contribution in [-0.2, 0) is 9.53 Å². The van der Waals surface area contributed by atoms with Crippen molar-refractivity contribution in [1.29, 1.82) is 0 Å². The zero-order valence-corrected chi connectivity index (χ0v) is 5.52. The topological polar surface area (TPSA) is 26.3 Å². The summed E-state index contributed by atoms with van der Waals surface area (Å²) in [7, 11) is 0. The molecule has 0 saturated heterocycles.